The molecule has 0 spiro atoms. The number of thiophene rings is 1. The van der Waals surface area contributed by atoms with Gasteiger partial charge in [-0.05, 0) is 52.7 Å². The van der Waals surface area contributed by atoms with Crippen LogP contribution in [0.15, 0.2) is 9.85 Å². The van der Waals surface area contributed by atoms with E-state index < -0.39 is 0 Å². The predicted octanol–water partition coefficient (Wildman–Crippen LogP) is 4.43. The van der Waals surface area contributed by atoms with Crippen LogP contribution in [0.2, 0.25) is 0 Å². The summed E-state index contributed by atoms with van der Waals surface area (Å²) in [5.41, 5.74) is 1.22. The van der Waals surface area contributed by atoms with E-state index in [-0.39, 0.29) is 11.5 Å². The number of aliphatic hydroxyl groups excluding tert-OH is 1. The number of aryl methyl sites for hydroxylation is 1. The van der Waals surface area contributed by atoms with Crippen molar-refractivity contribution in [2.45, 2.75) is 45.6 Å². The van der Waals surface area contributed by atoms with E-state index in [1.54, 1.807) is 11.3 Å². The van der Waals surface area contributed by atoms with Crippen molar-refractivity contribution in [3.05, 3.63) is 20.3 Å². The Labute approximate surface area is 104 Å². The van der Waals surface area contributed by atoms with Crippen molar-refractivity contribution in [3.63, 3.8) is 0 Å². The molecule has 0 amide bonds. The lowest BCUT2D eigenvalue weighted by atomic mass is 9.79. The highest BCUT2D eigenvalue weighted by Gasteiger charge is 2.37. The Morgan fingerprint density at radius 2 is 2.07 bits per heavy atom. The molecule has 0 bridgehead atoms. The van der Waals surface area contributed by atoms with Crippen LogP contribution >= 0.6 is 27.3 Å². The number of halogens is 1. The van der Waals surface area contributed by atoms with Crippen molar-refractivity contribution in [1.82, 2.24) is 0 Å². The maximum atomic E-state index is 10.5. The molecule has 1 N–H and O–H groups in total. The largest absolute Gasteiger partial charge is 0.388 e. The summed E-state index contributed by atoms with van der Waals surface area (Å²) < 4.78 is 1.12. The molecule has 0 aliphatic heterocycles. The first-order valence-corrected chi connectivity index (χ1v) is 7.08. The fraction of sp³-hybridized carbons (Fsp3) is 0.667. The van der Waals surface area contributed by atoms with Crippen molar-refractivity contribution in [2.24, 2.45) is 5.41 Å². The molecule has 1 saturated carbocycles. The molecule has 1 aromatic heterocycles. The second kappa shape index (κ2) is 4.19. The van der Waals surface area contributed by atoms with Gasteiger partial charge >= 0.3 is 0 Å². The molecule has 2 rings (SSSR count). The van der Waals surface area contributed by atoms with Gasteiger partial charge in [-0.1, -0.05) is 19.8 Å². The molecule has 1 unspecified atom stereocenters. The zero-order chi connectivity index (χ0) is 11.1. The summed E-state index contributed by atoms with van der Waals surface area (Å²) in [6, 6.07) is 2.08. The van der Waals surface area contributed by atoms with Gasteiger partial charge in [0.2, 0.25) is 0 Å². The highest BCUT2D eigenvalue weighted by molar-refractivity contribution is 9.11. The third kappa shape index (κ3) is 2.15. The lowest BCUT2D eigenvalue weighted by molar-refractivity contribution is 0.0407. The lowest BCUT2D eigenvalue weighted by Gasteiger charge is -2.30. The van der Waals surface area contributed by atoms with Crippen LogP contribution in [0.25, 0.3) is 0 Å². The average Bonchev–Trinajstić information content (AvgIpc) is 2.73. The molecule has 1 aliphatic rings. The molecule has 0 saturated heterocycles. The molecule has 1 fully saturated rings. The number of hydrogen-bond donors (Lipinski definition) is 1. The first-order chi connectivity index (χ1) is 7.03. The maximum Gasteiger partial charge on any atom is 0.0854 e. The Morgan fingerprint density at radius 1 is 1.47 bits per heavy atom. The van der Waals surface area contributed by atoms with Gasteiger partial charge in [-0.25, -0.2) is 0 Å². The smallest absolute Gasteiger partial charge is 0.0854 e. The minimum absolute atomic E-state index is 0.102. The lowest BCUT2D eigenvalue weighted by Crippen LogP contribution is -2.22. The average molecular weight is 289 g/mol. The van der Waals surface area contributed by atoms with E-state index in [4.69, 9.17) is 0 Å². The van der Waals surface area contributed by atoms with Crippen molar-refractivity contribution in [2.75, 3.05) is 0 Å². The molecule has 0 aromatic carbocycles. The first-order valence-electron chi connectivity index (χ1n) is 5.47. The van der Waals surface area contributed by atoms with Gasteiger partial charge < -0.3 is 5.11 Å². The summed E-state index contributed by atoms with van der Waals surface area (Å²) in [7, 11) is 0. The van der Waals surface area contributed by atoms with E-state index in [0.29, 0.717) is 0 Å². The van der Waals surface area contributed by atoms with E-state index in [1.165, 1.54) is 17.7 Å². The van der Waals surface area contributed by atoms with Crippen LogP contribution in [0.4, 0.5) is 0 Å². The SMILES string of the molecule is Cc1sc(Br)cc1C(O)C1(C)CCCC1. The molecular weight excluding hydrogens is 272 g/mol. The Bertz CT molecular complexity index is 353. The Kier molecular flexibility index (Phi) is 3.25. The highest BCUT2D eigenvalue weighted by Crippen LogP contribution is 2.49. The van der Waals surface area contributed by atoms with Crippen molar-refractivity contribution >= 4 is 27.3 Å². The van der Waals surface area contributed by atoms with Crippen LogP contribution in [0.5, 0.6) is 0 Å². The van der Waals surface area contributed by atoms with Crippen LogP contribution in [-0.2, 0) is 0 Å². The monoisotopic (exact) mass is 288 g/mol. The highest BCUT2D eigenvalue weighted by atomic mass is 79.9. The van der Waals surface area contributed by atoms with Gasteiger partial charge in [0.05, 0.1) is 9.89 Å². The summed E-state index contributed by atoms with van der Waals surface area (Å²) in [6.45, 7) is 4.31. The third-order valence-electron chi connectivity index (χ3n) is 3.63. The van der Waals surface area contributed by atoms with Crippen molar-refractivity contribution in [3.8, 4) is 0 Å². The first kappa shape index (κ1) is 11.6. The molecule has 84 valence electrons. The fourth-order valence-electron chi connectivity index (χ4n) is 2.56. The minimum atomic E-state index is -0.289. The van der Waals surface area contributed by atoms with Gasteiger partial charge in [-0.2, -0.15) is 0 Å². The van der Waals surface area contributed by atoms with Crippen LogP contribution in [-0.4, -0.2) is 5.11 Å². The Morgan fingerprint density at radius 3 is 2.53 bits per heavy atom. The molecule has 0 radical (unpaired) electrons. The van der Waals surface area contributed by atoms with E-state index in [0.717, 1.165) is 22.2 Å². The van der Waals surface area contributed by atoms with Gasteiger partial charge in [0, 0.05) is 4.88 Å². The van der Waals surface area contributed by atoms with E-state index in [1.807, 2.05) is 0 Å². The van der Waals surface area contributed by atoms with Crippen LogP contribution in [0.1, 0.15) is 49.2 Å². The maximum absolute atomic E-state index is 10.5. The summed E-state index contributed by atoms with van der Waals surface area (Å²) in [4.78, 5) is 1.24. The van der Waals surface area contributed by atoms with E-state index in [2.05, 4.69) is 35.8 Å². The van der Waals surface area contributed by atoms with Gasteiger partial charge in [-0.15, -0.1) is 11.3 Å². The number of rotatable bonds is 2. The second-order valence-electron chi connectivity index (χ2n) is 4.83. The summed E-state index contributed by atoms with van der Waals surface area (Å²) in [6.07, 6.45) is 4.54. The quantitative estimate of drug-likeness (QED) is 0.853. The van der Waals surface area contributed by atoms with Gasteiger partial charge in [0.25, 0.3) is 0 Å². The van der Waals surface area contributed by atoms with Gasteiger partial charge in [0.15, 0.2) is 0 Å². The van der Waals surface area contributed by atoms with Gasteiger partial charge in [-0.3, -0.25) is 0 Å². The second-order valence-corrected chi connectivity index (χ2v) is 7.46. The summed E-state index contributed by atoms with van der Waals surface area (Å²) in [5.74, 6) is 0. The zero-order valence-corrected chi connectivity index (χ0v) is 11.6. The molecule has 1 atom stereocenters. The van der Waals surface area contributed by atoms with E-state index >= 15 is 0 Å². The molecule has 3 heteroatoms. The molecule has 1 heterocycles. The summed E-state index contributed by atoms with van der Waals surface area (Å²) in [5, 5.41) is 10.5. The topological polar surface area (TPSA) is 20.2 Å². The number of aliphatic hydroxyl groups is 1. The van der Waals surface area contributed by atoms with Crippen LogP contribution in [0.3, 0.4) is 0 Å². The number of hydrogen-bond acceptors (Lipinski definition) is 2. The predicted molar refractivity (Wildman–Crippen MR) is 68.3 cm³/mol. The van der Waals surface area contributed by atoms with Crippen LogP contribution in [0, 0.1) is 12.3 Å². The summed E-state index contributed by atoms with van der Waals surface area (Å²) >= 11 is 5.20. The molecule has 1 aromatic rings. The van der Waals surface area contributed by atoms with Crippen molar-refractivity contribution < 1.29 is 5.11 Å². The molecule has 1 aliphatic carbocycles. The fourth-order valence-corrected chi connectivity index (χ4v) is 4.30. The van der Waals surface area contributed by atoms with E-state index in [9.17, 15) is 5.11 Å². The molecular formula is C12H17BrOS. The third-order valence-corrected chi connectivity index (χ3v) is 5.20. The van der Waals surface area contributed by atoms with Crippen molar-refractivity contribution in [1.29, 1.82) is 0 Å². The standard InChI is InChI=1S/C12H17BrOS/c1-8-9(7-10(13)15-8)11(14)12(2)5-3-4-6-12/h7,11,14H,3-6H2,1-2H3. The zero-order valence-electron chi connectivity index (χ0n) is 9.22. The van der Waals surface area contributed by atoms with Gasteiger partial charge in [0.1, 0.15) is 0 Å². The molecule has 1 nitrogen and oxygen atoms in total. The minimum Gasteiger partial charge on any atom is -0.388 e. The van der Waals surface area contributed by atoms with Crippen LogP contribution < -0.4 is 0 Å². The normalized spacial score (nSPS) is 21.9. The molecule has 15 heavy (non-hydrogen) atoms. The Hall–Kier alpha value is 0.140. The Balaban J connectivity index is 2.27.